The Morgan fingerprint density at radius 1 is 0.328 bits per heavy atom. The lowest BCUT2D eigenvalue weighted by Gasteiger charge is -2.18. The highest BCUT2D eigenvalue weighted by molar-refractivity contribution is 5.71. The van der Waals surface area contributed by atoms with E-state index in [-0.39, 0.29) is 31.1 Å². The fraction of sp³-hybridized carbons (Fsp3) is 0.590. The van der Waals surface area contributed by atoms with Gasteiger partial charge in [0.25, 0.3) is 0 Å². The normalized spacial score (nSPS) is 13.2. The van der Waals surface area contributed by atoms with Crippen LogP contribution in [0.3, 0.4) is 0 Å². The van der Waals surface area contributed by atoms with Crippen LogP contribution in [0.2, 0.25) is 0 Å². The topological polar surface area (TPSA) is 78.9 Å². The van der Waals surface area contributed by atoms with Crippen molar-refractivity contribution in [3.8, 4) is 0 Å². The Labute approximate surface area is 411 Å². The van der Waals surface area contributed by atoms with Crippen LogP contribution in [-0.2, 0) is 28.6 Å². The Balaban J connectivity index is 4.53. The van der Waals surface area contributed by atoms with Gasteiger partial charge in [0.15, 0.2) is 6.10 Å². The summed E-state index contributed by atoms with van der Waals surface area (Å²) in [7, 11) is 0. The van der Waals surface area contributed by atoms with Gasteiger partial charge >= 0.3 is 17.9 Å². The summed E-state index contributed by atoms with van der Waals surface area (Å²) in [6, 6.07) is 0. The van der Waals surface area contributed by atoms with Crippen LogP contribution in [-0.4, -0.2) is 37.2 Å². The molecule has 0 fully saturated rings. The fourth-order valence-corrected chi connectivity index (χ4v) is 6.74. The molecule has 376 valence electrons. The Kier molecular flexibility index (Phi) is 50.6. The quantitative estimate of drug-likeness (QED) is 0.0199. The molecule has 0 aromatic rings. The monoisotopic (exact) mass is 925 g/mol. The number of carbonyl (C=O) groups is 3. The Bertz CT molecular complexity index is 1480. The Morgan fingerprint density at radius 3 is 1.10 bits per heavy atom. The largest absolute Gasteiger partial charge is 0.462 e. The van der Waals surface area contributed by atoms with Gasteiger partial charge in [-0.15, -0.1) is 0 Å². The maximum Gasteiger partial charge on any atom is 0.306 e. The molecule has 0 N–H and O–H groups in total. The third-order valence-electron chi connectivity index (χ3n) is 10.7. The lowest BCUT2D eigenvalue weighted by molar-refractivity contribution is -0.167. The summed E-state index contributed by atoms with van der Waals surface area (Å²) in [6.07, 6.45) is 75.8. The minimum atomic E-state index is -0.817. The number of allylic oxidation sites excluding steroid dienone is 22. The van der Waals surface area contributed by atoms with Crippen molar-refractivity contribution in [3.05, 3.63) is 134 Å². The standard InChI is InChI=1S/C61H96O6/c1-4-7-10-13-16-19-22-25-27-29-30-32-33-36-39-42-45-48-51-54-60(63)66-57-58(56-65-59(62)53-50-47-44-41-38-35-24-21-18-15-12-9-6-3)67-61(64)55-52-49-46-43-40-37-34-31-28-26-23-20-17-14-11-8-5-2/h7,9-10,12,15-21,24-28,30,32,35-36,38-39,58H,4-6,8,11,13-14,22-23,29,31,33-34,37,40-57H2,1-3H3/b10-7-,12-9-,18-15-,19-16-,20-17-,24-21-,27-25-,28-26-,32-30-,38-35-,39-36-. The molecule has 6 nitrogen and oxygen atoms in total. The highest BCUT2D eigenvalue weighted by Crippen LogP contribution is 2.13. The predicted octanol–water partition coefficient (Wildman–Crippen LogP) is 17.9. The summed E-state index contributed by atoms with van der Waals surface area (Å²) in [5.41, 5.74) is 0. The van der Waals surface area contributed by atoms with Crippen LogP contribution in [0.25, 0.3) is 0 Å². The third-order valence-corrected chi connectivity index (χ3v) is 10.7. The molecule has 0 rings (SSSR count). The molecule has 0 saturated heterocycles. The first-order valence-electron chi connectivity index (χ1n) is 26.7. The zero-order valence-electron chi connectivity index (χ0n) is 42.9. The van der Waals surface area contributed by atoms with Crippen LogP contribution in [0.1, 0.15) is 213 Å². The number of hydrogen-bond donors (Lipinski definition) is 0. The van der Waals surface area contributed by atoms with Crippen LogP contribution in [0, 0.1) is 0 Å². The SMILES string of the molecule is CC\C=C/C=C\C=C/C=C\CCCCCC(=O)OCC(COC(=O)CCCCC/C=C\C/C=C\C/C=C\C/C=C\C/C=C\CC)OC(=O)CCCCCCCCC/C=C\C/C=C\CCCCC. The highest BCUT2D eigenvalue weighted by atomic mass is 16.6. The summed E-state index contributed by atoms with van der Waals surface area (Å²) < 4.78 is 16.8. The maximum absolute atomic E-state index is 12.8. The van der Waals surface area contributed by atoms with Gasteiger partial charge < -0.3 is 14.2 Å². The van der Waals surface area contributed by atoms with Crippen molar-refractivity contribution in [2.45, 2.75) is 219 Å². The first kappa shape index (κ1) is 62.5. The predicted molar refractivity (Wildman–Crippen MR) is 288 cm³/mol. The molecule has 67 heavy (non-hydrogen) atoms. The van der Waals surface area contributed by atoms with E-state index < -0.39 is 6.10 Å². The molecule has 1 atom stereocenters. The van der Waals surface area contributed by atoms with Crippen LogP contribution in [0.5, 0.6) is 0 Å². The van der Waals surface area contributed by atoms with Gasteiger partial charge in [0, 0.05) is 19.3 Å². The third kappa shape index (κ3) is 52.4. The van der Waals surface area contributed by atoms with Crippen LogP contribution < -0.4 is 0 Å². The van der Waals surface area contributed by atoms with Gasteiger partial charge in [-0.05, 0) is 116 Å². The number of hydrogen-bond acceptors (Lipinski definition) is 6. The van der Waals surface area contributed by atoms with E-state index in [1.165, 1.54) is 51.4 Å². The first-order valence-corrected chi connectivity index (χ1v) is 26.7. The van der Waals surface area contributed by atoms with E-state index in [1.54, 1.807) is 0 Å². The van der Waals surface area contributed by atoms with E-state index in [9.17, 15) is 14.4 Å². The molecule has 0 aliphatic heterocycles. The zero-order valence-corrected chi connectivity index (χ0v) is 42.9. The molecule has 0 saturated carbocycles. The molecule has 6 heteroatoms. The van der Waals surface area contributed by atoms with E-state index in [2.05, 4.69) is 118 Å². The first-order chi connectivity index (χ1) is 33.0. The lowest BCUT2D eigenvalue weighted by Crippen LogP contribution is -2.30. The number of carbonyl (C=O) groups excluding carboxylic acids is 3. The summed E-state index contributed by atoms with van der Waals surface area (Å²) >= 11 is 0. The van der Waals surface area contributed by atoms with Crippen molar-refractivity contribution in [2.75, 3.05) is 13.2 Å². The molecular weight excluding hydrogens is 829 g/mol. The molecule has 0 bridgehead atoms. The lowest BCUT2D eigenvalue weighted by atomic mass is 10.1. The van der Waals surface area contributed by atoms with E-state index in [1.807, 2.05) is 36.5 Å². The molecule has 0 amide bonds. The number of esters is 3. The van der Waals surface area contributed by atoms with Gasteiger partial charge in [0.2, 0.25) is 0 Å². The van der Waals surface area contributed by atoms with Crippen molar-refractivity contribution >= 4 is 17.9 Å². The van der Waals surface area contributed by atoms with E-state index in [0.717, 1.165) is 122 Å². The second kappa shape index (κ2) is 54.2. The Hall–Kier alpha value is -4.45. The van der Waals surface area contributed by atoms with Gasteiger partial charge in [0.05, 0.1) is 0 Å². The zero-order chi connectivity index (χ0) is 48.6. The summed E-state index contributed by atoms with van der Waals surface area (Å²) in [4.78, 5) is 38.0. The average molecular weight is 925 g/mol. The molecule has 0 aliphatic rings. The summed E-state index contributed by atoms with van der Waals surface area (Å²) in [6.45, 7) is 6.27. The Morgan fingerprint density at radius 2 is 0.657 bits per heavy atom. The molecular formula is C61H96O6. The van der Waals surface area contributed by atoms with Gasteiger partial charge in [-0.3, -0.25) is 14.4 Å². The van der Waals surface area contributed by atoms with Crippen LogP contribution in [0.4, 0.5) is 0 Å². The minimum Gasteiger partial charge on any atom is -0.462 e. The average Bonchev–Trinajstić information content (AvgIpc) is 3.33. The van der Waals surface area contributed by atoms with Gasteiger partial charge in [-0.25, -0.2) is 0 Å². The van der Waals surface area contributed by atoms with Crippen molar-refractivity contribution in [1.82, 2.24) is 0 Å². The minimum absolute atomic E-state index is 0.116. The molecule has 0 aromatic heterocycles. The second-order valence-electron chi connectivity index (χ2n) is 17.1. The molecule has 1 unspecified atom stereocenters. The molecule has 0 aromatic carbocycles. The van der Waals surface area contributed by atoms with Crippen molar-refractivity contribution in [1.29, 1.82) is 0 Å². The summed E-state index contributed by atoms with van der Waals surface area (Å²) in [5, 5.41) is 0. The molecule has 0 radical (unpaired) electrons. The summed E-state index contributed by atoms with van der Waals surface area (Å²) in [5.74, 6) is -1.00. The second-order valence-corrected chi connectivity index (χ2v) is 17.1. The van der Waals surface area contributed by atoms with Gasteiger partial charge in [-0.1, -0.05) is 212 Å². The number of rotatable bonds is 46. The molecule has 0 heterocycles. The van der Waals surface area contributed by atoms with E-state index >= 15 is 0 Å². The maximum atomic E-state index is 12.8. The highest BCUT2D eigenvalue weighted by Gasteiger charge is 2.19. The van der Waals surface area contributed by atoms with Crippen molar-refractivity contribution in [2.24, 2.45) is 0 Å². The van der Waals surface area contributed by atoms with E-state index in [0.29, 0.717) is 19.3 Å². The van der Waals surface area contributed by atoms with Gasteiger partial charge in [0.1, 0.15) is 13.2 Å². The van der Waals surface area contributed by atoms with Crippen LogP contribution in [0.15, 0.2) is 134 Å². The van der Waals surface area contributed by atoms with Crippen molar-refractivity contribution in [3.63, 3.8) is 0 Å². The molecule has 0 aliphatic carbocycles. The molecule has 0 spiro atoms. The smallest absolute Gasteiger partial charge is 0.306 e. The number of ether oxygens (including phenoxy) is 3. The van der Waals surface area contributed by atoms with Crippen LogP contribution >= 0.6 is 0 Å². The van der Waals surface area contributed by atoms with E-state index in [4.69, 9.17) is 14.2 Å². The van der Waals surface area contributed by atoms with Crippen molar-refractivity contribution < 1.29 is 28.6 Å². The van der Waals surface area contributed by atoms with Gasteiger partial charge in [-0.2, -0.15) is 0 Å². The fourth-order valence-electron chi connectivity index (χ4n) is 6.74. The number of unbranched alkanes of at least 4 members (excludes halogenated alkanes) is 16.